The first kappa shape index (κ1) is 15.4. The largest absolute Gasteiger partial charge is 0.494 e. The molecule has 0 spiro atoms. The molecule has 0 heterocycles. The van der Waals surface area contributed by atoms with Gasteiger partial charge >= 0.3 is 0 Å². The average Bonchev–Trinajstić information content (AvgIpc) is 2.46. The summed E-state index contributed by atoms with van der Waals surface area (Å²) in [7, 11) is 0. The quantitative estimate of drug-likeness (QED) is 0.718. The average molecular weight is 292 g/mol. The molecule has 110 valence electrons. The summed E-state index contributed by atoms with van der Waals surface area (Å²) in [6, 6.07) is 7.50. The molecule has 1 aromatic carbocycles. The summed E-state index contributed by atoms with van der Waals surface area (Å²) in [5.74, 6) is 2.49. The van der Waals surface area contributed by atoms with Crippen LogP contribution < -0.4 is 4.74 Å². The van der Waals surface area contributed by atoms with Gasteiger partial charge in [-0.3, -0.25) is 4.79 Å². The molecule has 20 heavy (non-hydrogen) atoms. The summed E-state index contributed by atoms with van der Waals surface area (Å²) in [5.41, 5.74) is 0.796. The highest BCUT2D eigenvalue weighted by Gasteiger charge is 2.20. The molecule has 0 N–H and O–H groups in total. The van der Waals surface area contributed by atoms with Gasteiger partial charge in [-0.25, -0.2) is 0 Å². The molecule has 0 bridgehead atoms. The van der Waals surface area contributed by atoms with Gasteiger partial charge in [0.25, 0.3) is 0 Å². The molecule has 1 aromatic rings. The van der Waals surface area contributed by atoms with Crippen molar-refractivity contribution in [1.82, 2.24) is 0 Å². The number of thioether (sulfide) groups is 1. The smallest absolute Gasteiger partial charge is 0.172 e. The lowest BCUT2D eigenvalue weighted by atomic mass is 9.91. The van der Waals surface area contributed by atoms with Crippen LogP contribution in [-0.2, 0) is 0 Å². The fourth-order valence-electron chi connectivity index (χ4n) is 2.71. The molecule has 2 atom stereocenters. The van der Waals surface area contributed by atoms with Crippen LogP contribution in [0.1, 0.15) is 49.9 Å². The first-order chi connectivity index (χ1) is 9.69. The van der Waals surface area contributed by atoms with Gasteiger partial charge in [0, 0.05) is 10.8 Å². The summed E-state index contributed by atoms with van der Waals surface area (Å²) < 4.78 is 5.39. The van der Waals surface area contributed by atoms with Crippen LogP contribution in [-0.4, -0.2) is 23.4 Å². The van der Waals surface area contributed by atoms with Crippen molar-refractivity contribution in [3.8, 4) is 5.75 Å². The van der Waals surface area contributed by atoms with Crippen LogP contribution in [0.25, 0.3) is 0 Å². The Hall–Kier alpha value is -0.960. The third-order valence-corrected chi connectivity index (χ3v) is 5.15. The lowest BCUT2D eigenvalue weighted by Gasteiger charge is -2.25. The molecule has 2 unspecified atom stereocenters. The monoisotopic (exact) mass is 292 g/mol. The molecule has 0 amide bonds. The maximum atomic E-state index is 12.2. The van der Waals surface area contributed by atoms with E-state index in [1.54, 1.807) is 0 Å². The zero-order chi connectivity index (χ0) is 14.4. The molecule has 1 aliphatic rings. The first-order valence-electron chi connectivity index (χ1n) is 7.56. The van der Waals surface area contributed by atoms with Crippen LogP contribution in [0.2, 0.25) is 0 Å². The Morgan fingerprint density at radius 2 is 2.05 bits per heavy atom. The van der Waals surface area contributed by atoms with Gasteiger partial charge < -0.3 is 4.74 Å². The maximum Gasteiger partial charge on any atom is 0.172 e. The van der Waals surface area contributed by atoms with Gasteiger partial charge in [-0.05, 0) is 49.9 Å². The summed E-state index contributed by atoms with van der Waals surface area (Å²) in [6.45, 7) is 4.94. The molecular weight excluding hydrogens is 268 g/mol. The molecular formula is C17H24O2S. The van der Waals surface area contributed by atoms with E-state index in [2.05, 4.69) is 6.92 Å². The highest BCUT2D eigenvalue weighted by molar-refractivity contribution is 8.00. The van der Waals surface area contributed by atoms with Crippen LogP contribution in [0.4, 0.5) is 0 Å². The number of rotatable bonds is 6. The highest BCUT2D eigenvalue weighted by atomic mass is 32.2. The van der Waals surface area contributed by atoms with Crippen molar-refractivity contribution in [1.29, 1.82) is 0 Å². The Balaban J connectivity index is 1.82. The number of benzene rings is 1. The van der Waals surface area contributed by atoms with E-state index in [4.69, 9.17) is 4.74 Å². The molecule has 1 fully saturated rings. The Morgan fingerprint density at radius 1 is 1.30 bits per heavy atom. The molecule has 0 saturated heterocycles. The maximum absolute atomic E-state index is 12.2. The number of ketones is 1. The predicted octanol–water partition coefficient (Wildman–Crippen LogP) is 4.58. The van der Waals surface area contributed by atoms with E-state index in [0.717, 1.165) is 17.2 Å². The van der Waals surface area contributed by atoms with E-state index in [-0.39, 0.29) is 5.78 Å². The van der Waals surface area contributed by atoms with Crippen molar-refractivity contribution < 1.29 is 9.53 Å². The summed E-state index contributed by atoms with van der Waals surface area (Å²) in [4.78, 5) is 12.2. The number of Topliss-reactive ketones (excluding diaryl/α,β-unsaturated/α-hetero) is 1. The lowest BCUT2D eigenvalue weighted by molar-refractivity contribution is 0.102. The second-order valence-corrected chi connectivity index (χ2v) is 6.87. The highest BCUT2D eigenvalue weighted by Crippen LogP contribution is 2.32. The lowest BCUT2D eigenvalue weighted by Crippen LogP contribution is -2.17. The second kappa shape index (κ2) is 7.72. The van der Waals surface area contributed by atoms with Gasteiger partial charge in [-0.2, -0.15) is 11.8 Å². The van der Waals surface area contributed by atoms with Gasteiger partial charge in [-0.15, -0.1) is 0 Å². The number of ether oxygens (including phenoxy) is 1. The first-order valence-corrected chi connectivity index (χ1v) is 8.61. The van der Waals surface area contributed by atoms with Gasteiger partial charge in [0.15, 0.2) is 5.78 Å². The van der Waals surface area contributed by atoms with Gasteiger partial charge in [0.1, 0.15) is 5.75 Å². The van der Waals surface area contributed by atoms with Crippen LogP contribution in [0, 0.1) is 5.92 Å². The van der Waals surface area contributed by atoms with Crippen molar-refractivity contribution in [2.45, 2.75) is 44.8 Å². The standard InChI is InChI=1S/C17H24O2S/c1-3-19-15-9-7-14(8-10-15)17(18)12-20-16-6-4-5-13(2)11-16/h7-10,13,16H,3-6,11-12H2,1-2H3. The predicted molar refractivity (Wildman–Crippen MR) is 85.8 cm³/mol. The zero-order valence-electron chi connectivity index (χ0n) is 12.4. The number of carbonyl (C=O) groups is 1. The van der Waals surface area contributed by atoms with Crippen LogP contribution in [0.15, 0.2) is 24.3 Å². The third-order valence-electron chi connectivity index (χ3n) is 3.83. The zero-order valence-corrected chi connectivity index (χ0v) is 13.2. The van der Waals surface area contributed by atoms with Crippen LogP contribution in [0.3, 0.4) is 0 Å². The van der Waals surface area contributed by atoms with Crippen molar-refractivity contribution in [3.63, 3.8) is 0 Å². The van der Waals surface area contributed by atoms with Gasteiger partial charge in [0.05, 0.1) is 12.4 Å². The van der Waals surface area contributed by atoms with Gasteiger partial charge in [-0.1, -0.05) is 19.8 Å². The number of hydrogen-bond donors (Lipinski definition) is 0. The molecule has 1 saturated carbocycles. The summed E-state index contributed by atoms with van der Waals surface area (Å²) in [6.07, 6.45) is 5.20. The molecule has 3 heteroatoms. The van der Waals surface area contributed by atoms with Crippen LogP contribution >= 0.6 is 11.8 Å². The van der Waals surface area contributed by atoms with Crippen molar-refractivity contribution >= 4 is 17.5 Å². The van der Waals surface area contributed by atoms with Crippen LogP contribution in [0.5, 0.6) is 5.75 Å². The minimum Gasteiger partial charge on any atom is -0.494 e. The molecule has 2 nitrogen and oxygen atoms in total. The Bertz CT molecular complexity index is 427. The minimum atomic E-state index is 0.233. The summed E-state index contributed by atoms with van der Waals surface area (Å²) in [5, 5.41) is 0.672. The Morgan fingerprint density at radius 3 is 2.70 bits per heavy atom. The van der Waals surface area contributed by atoms with E-state index >= 15 is 0 Å². The SMILES string of the molecule is CCOc1ccc(C(=O)CSC2CCCC(C)C2)cc1. The third kappa shape index (κ3) is 4.55. The number of hydrogen-bond acceptors (Lipinski definition) is 3. The normalized spacial score (nSPS) is 22.5. The molecule has 0 radical (unpaired) electrons. The fraction of sp³-hybridized carbons (Fsp3) is 0.588. The minimum absolute atomic E-state index is 0.233. The van der Waals surface area contributed by atoms with E-state index in [9.17, 15) is 4.79 Å². The molecule has 0 aliphatic heterocycles. The van der Waals surface area contributed by atoms with Crippen molar-refractivity contribution in [3.05, 3.63) is 29.8 Å². The van der Waals surface area contributed by atoms with E-state index in [0.29, 0.717) is 17.6 Å². The topological polar surface area (TPSA) is 26.3 Å². The van der Waals surface area contributed by atoms with E-state index in [1.165, 1.54) is 25.7 Å². The van der Waals surface area contributed by atoms with Crippen molar-refractivity contribution in [2.24, 2.45) is 5.92 Å². The second-order valence-electron chi connectivity index (χ2n) is 5.59. The Labute approximate surface area is 126 Å². The van der Waals surface area contributed by atoms with E-state index < -0.39 is 0 Å². The fourth-order valence-corrected chi connectivity index (χ4v) is 4.06. The van der Waals surface area contributed by atoms with Crippen molar-refractivity contribution in [2.75, 3.05) is 12.4 Å². The van der Waals surface area contributed by atoms with E-state index in [1.807, 2.05) is 43.0 Å². The summed E-state index contributed by atoms with van der Waals surface area (Å²) >= 11 is 1.84. The molecule has 2 rings (SSSR count). The Kier molecular flexibility index (Phi) is 5.96. The molecule has 1 aliphatic carbocycles. The molecule has 0 aromatic heterocycles. The number of carbonyl (C=O) groups excluding carboxylic acids is 1. The van der Waals surface area contributed by atoms with Gasteiger partial charge in [0.2, 0.25) is 0 Å².